The van der Waals surface area contributed by atoms with Gasteiger partial charge in [-0.15, -0.1) is 0 Å². The van der Waals surface area contributed by atoms with Gasteiger partial charge in [-0.1, -0.05) is 30.7 Å². The Bertz CT molecular complexity index is 392. The molecule has 1 saturated heterocycles. The first-order chi connectivity index (χ1) is 8.74. The number of rotatable bonds is 4. The number of aryl methyl sites for hydroxylation is 1. The summed E-state index contributed by atoms with van der Waals surface area (Å²) in [4.78, 5) is 2.50. The Hall–Kier alpha value is -0.570. The normalized spacial score (nSPS) is 21.2. The fourth-order valence-electron chi connectivity index (χ4n) is 2.82. The molecule has 0 radical (unpaired) electrons. The SMILES string of the molecule is CCc1cccc(Cl)c1CN1CCCC(CN)C1. The van der Waals surface area contributed by atoms with Crippen LogP contribution in [0.15, 0.2) is 18.2 Å². The van der Waals surface area contributed by atoms with Crippen LogP contribution >= 0.6 is 11.6 Å². The van der Waals surface area contributed by atoms with Crippen molar-refractivity contribution in [2.75, 3.05) is 19.6 Å². The van der Waals surface area contributed by atoms with Crippen molar-refractivity contribution in [1.82, 2.24) is 4.90 Å². The van der Waals surface area contributed by atoms with Gasteiger partial charge in [0.25, 0.3) is 0 Å². The molecule has 2 N–H and O–H groups in total. The van der Waals surface area contributed by atoms with Crippen molar-refractivity contribution in [3.8, 4) is 0 Å². The van der Waals surface area contributed by atoms with Gasteiger partial charge < -0.3 is 5.73 Å². The molecule has 1 fully saturated rings. The monoisotopic (exact) mass is 266 g/mol. The number of halogens is 1. The lowest BCUT2D eigenvalue weighted by molar-refractivity contribution is 0.170. The van der Waals surface area contributed by atoms with Gasteiger partial charge in [0.05, 0.1) is 0 Å². The molecule has 0 aliphatic carbocycles. The van der Waals surface area contributed by atoms with Crippen LogP contribution in [0.5, 0.6) is 0 Å². The summed E-state index contributed by atoms with van der Waals surface area (Å²) in [6.45, 7) is 6.25. The molecule has 18 heavy (non-hydrogen) atoms. The highest BCUT2D eigenvalue weighted by molar-refractivity contribution is 6.31. The molecule has 2 nitrogen and oxygen atoms in total. The van der Waals surface area contributed by atoms with E-state index < -0.39 is 0 Å². The van der Waals surface area contributed by atoms with E-state index in [1.54, 1.807) is 0 Å². The molecule has 2 rings (SSSR count). The van der Waals surface area contributed by atoms with E-state index in [1.165, 1.54) is 30.5 Å². The van der Waals surface area contributed by atoms with Gasteiger partial charge in [-0.3, -0.25) is 4.90 Å². The van der Waals surface area contributed by atoms with E-state index in [2.05, 4.69) is 17.9 Å². The Morgan fingerprint density at radius 2 is 2.28 bits per heavy atom. The smallest absolute Gasteiger partial charge is 0.0453 e. The van der Waals surface area contributed by atoms with Gasteiger partial charge in [0.15, 0.2) is 0 Å². The van der Waals surface area contributed by atoms with E-state index in [1.807, 2.05) is 12.1 Å². The molecule has 3 heteroatoms. The maximum Gasteiger partial charge on any atom is 0.0453 e. The third-order valence-electron chi connectivity index (χ3n) is 3.91. The average Bonchev–Trinajstić information content (AvgIpc) is 2.41. The molecule has 1 aliphatic rings. The van der Waals surface area contributed by atoms with Crippen molar-refractivity contribution >= 4 is 11.6 Å². The molecule has 0 spiro atoms. The summed E-state index contributed by atoms with van der Waals surface area (Å²) in [7, 11) is 0. The van der Waals surface area contributed by atoms with Gasteiger partial charge in [-0.05, 0) is 55.5 Å². The molecule has 1 atom stereocenters. The van der Waals surface area contributed by atoms with Gasteiger partial charge in [0.2, 0.25) is 0 Å². The minimum absolute atomic E-state index is 0.659. The van der Waals surface area contributed by atoms with Crippen LogP contribution in [0.4, 0.5) is 0 Å². The van der Waals surface area contributed by atoms with Crippen LogP contribution in [-0.4, -0.2) is 24.5 Å². The van der Waals surface area contributed by atoms with Crippen LogP contribution in [0, 0.1) is 5.92 Å². The van der Waals surface area contributed by atoms with Gasteiger partial charge in [0.1, 0.15) is 0 Å². The standard InChI is InChI=1S/C15H23ClN2/c1-2-13-6-3-7-15(16)14(13)11-18-8-4-5-12(9-17)10-18/h3,6-7,12H,2,4-5,8-11,17H2,1H3. The van der Waals surface area contributed by atoms with Crippen molar-refractivity contribution in [1.29, 1.82) is 0 Å². The van der Waals surface area contributed by atoms with Crippen molar-refractivity contribution in [2.45, 2.75) is 32.7 Å². The van der Waals surface area contributed by atoms with Crippen molar-refractivity contribution in [3.63, 3.8) is 0 Å². The number of piperidine rings is 1. The highest BCUT2D eigenvalue weighted by atomic mass is 35.5. The minimum Gasteiger partial charge on any atom is -0.330 e. The fraction of sp³-hybridized carbons (Fsp3) is 0.600. The van der Waals surface area contributed by atoms with E-state index in [9.17, 15) is 0 Å². The number of nitrogens with two attached hydrogens (primary N) is 1. The first-order valence-corrected chi connectivity index (χ1v) is 7.31. The number of likely N-dealkylation sites (tertiary alicyclic amines) is 1. The van der Waals surface area contributed by atoms with Crippen molar-refractivity contribution < 1.29 is 0 Å². The lowest BCUT2D eigenvalue weighted by Crippen LogP contribution is -2.38. The maximum atomic E-state index is 6.35. The third kappa shape index (κ3) is 3.25. The van der Waals surface area contributed by atoms with Gasteiger partial charge in [0, 0.05) is 18.1 Å². The highest BCUT2D eigenvalue weighted by Crippen LogP contribution is 2.25. The topological polar surface area (TPSA) is 29.3 Å². The molecule has 0 bridgehead atoms. The molecule has 0 aromatic heterocycles. The van der Waals surface area contributed by atoms with E-state index in [0.29, 0.717) is 5.92 Å². The molecule has 0 amide bonds. The third-order valence-corrected chi connectivity index (χ3v) is 4.27. The number of hydrogen-bond acceptors (Lipinski definition) is 2. The van der Waals surface area contributed by atoms with Crippen molar-refractivity contribution in [2.24, 2.45) is 11.7 Å². The van der Waals surface area contributed by atoms with E-state index >= 15 is 0 Å². The zero-order valence-electron chi connectivity index (χ0n) is 11.2. The summed E-state index contributed by atoms with van der Waals surface area (Å²) in [5.74, 6) is 0.659. The number of nitrogens with zero attached hydrogens (tertiary/aromatic N) is 1. The second-order valence-electron chi connectivity index (χ2n) is 5.21. The minimum atomic E-state index is 0.659. The first-order valence-electron chi connectivity index (χ1n) is 6.93. The summed E-state index contributed by atoms with van der Waals surface area (Å²) in [6.07, 6.45) is 3.58. The first kappa shape index (κ1) is 13.9. The molecule has 1 aromatic carbocycles. The molecule has 0 saturated carbocycles. The van der Waals surface area contributed by atoms with Gasteiger partial charge >= 0.3 is 0 Å². The van der Waals surface area contributed by atoms with Crippen LogP contribution in [0.3, 0.4) is 0 Å². The summed E-state index contributed by atoms with van der Waals surface area (Å²) < 4.78 is 0. The van der Waals surface area contributed by atoms with Crippen LogP contribution in [-0.2, 0) is 13.0 Å². The van der Waals surface area contributed by atoms with Crippen LogP contribution in [0.2, 0.25) is 5.02 Å². The molecule has 1 aromatic rings. The number of benzene rings is 1. The quantitative estimate of drug-likeness (QED) is 0.908. The molecule has 1 heterocycles. The van der Waals surface area contributed by atoms with Gasteiger partial charge in [-0.25, -0.2) is 0 Å². The summed E-state index contributed by atoms with van der Waals surface area (Å²) in [5, 5.41) is 0.907. The van der Waals surface area contributed by atoms with Crippen molar-refractivity contribution in [3.05, 3.63) is 34.3 Å². The summed E-state index contributed by atoms with van der Waals surface area (Å²) >= 11 is 6.35. The number of hydrogen-bond donors (Lipinski definition) is 1. The average molecular weight is 267 g/mol. The Balaban J connectivity index is 2.09. The second kappa shape index (κ2) is 6.55. The Labute approximate surface area is 115 Å². The molecule has 1 unspecified atom stereocenters. The molecular formula is C15H23ClN2. The fourth-order valence-corrected chi connectivity index (χ4v) is 3.08. The largest absolute Gasteiger partial charge is 0.330 e. The van der Waals surface area contributed by atoms with E-state index in [4.69, 9.17) is 17.3 Å². The predicted octanol–water partition coefficient (Wildman–Crippen LogP) is 3.07. The zero-order valence-corrected chi connectivity index (χ0v) is 11.9. The summed E-state index contributed by atoms with van der Waals surface area (Å²) in [6, 6.07) is 6.23. The lowest BCUT2D eigenvalue weighted by Gasteiger charge is -2.32. The predicted molar refractivity (Wildman–Crippen MR) is 77.9 cm³/mol. The lowest BCUT2D eigenvalue weighted by atomic mass is 9.97. The summed E-state index contributed by atoms with van der Waals surface area (Å²) in [5.41, 5.74) is 8.47. The zero-order chi connectivity index (χ0) is 13.0. The van der Waals surface area contributed by atoms with E-state index in [-0.39, 0.29) is 0 Å². The molecular weight excluding hydrogens is 244 g/mol. The van der Waals surface area contributed by atoms with E-state index in [0.717, 1.165) is 31.1 Å². The van der Waals surface area contributed by atoms with Crippen LogP contribution in [0.1, 0.15) is 30.9 Å². The Morgan fingerprint density at radius 3 is 3.00 bits per heavy atom. The van der Waals surface area contributed by atoms with Crippen LogP contribution in [0.25, 0.3) is 0 Å². The second-order valence-corrected chi connectivity index (χ2v) is 5.62. The Morgan fingerprint density at radius 1 is 1.44 bits per heavy atom. The van der Waals surface area contributed by atoms with Crippen LogP contribution < -0.4 is 5.73 Å². The highest BCUT2D eigenvalue weighted by Gasteiger charge is 2.20. The molecule has 100 valence electrons. The van der Waals surface area contributed by atoms with Gasteiger partial charge in [-0.2, -0.15) is 0 Å². The Kier molecular flexibility index (Phi) is 5.04. The molecule has 1 aliphatic heterocycles. The maximum absolute atomic E-state index is 6.35.